The van der Waals surface area contributed by atoms with E-state index in [4.69, 9.17) is 4.98 Å². The molecule has 1 saturated carbocycles. The molecule has 21 heavy (non-hydrogen) atoms. The first-order valence-electron chi connectivity index (χ1n) is 8.59. The zero-order chi connectivity index (χ0) is 15.3. The van der Waals surface area contributed by atoms with Crippen molar-refractivity contribution in [2.24, 2.45) is 11.3 Å². The Bertz CT molecular complexity index is 494. The number of nitrogens with one attached hydrogen (secondary N) is 1. The third kappa shape index (κ3) is 2.79. The van der Waals surface area contributed by atoms with Crippen LogP contribution in [0.2, 0.25) is 0 Å². The van der Waals surface area contributed by atoms with Gasteiger partial charge in [-0.1, -0.05) is 20.8 Å². The van der Waals surface area contributed by atoms with Gasteiger partial charge in [0.15, 0.2) is 0 Å². The predicted octanol–water partition coefficient (Wildman–Crippen LogP) is 4.67. The number of hydrogen-bond acceptors (Lipinski definition) is 3. The monoisotopic (exact) mass is 306 g/mol. The average Bonchev–Trinajstić information content (AvgIpc) is 2.88. The summed E-state index contributed by atoms with van der Waals surface area (Å²) in [7, 11) is 0. The molecule has 3 heteroatoms. The van der Waals surface area contributed by atoms with Crippen molar-refractivity contribution in [3.05, 3.63) is 15.6 Å². The van der Waals surface area contributed by atoms with Crippen LogP contribution in [0.15, 0.2) is 0 Å². The lowest BCUT2D eigenvalue weighted by molar-refractivity contribution is 0.231. The highest BCUT2D eigenvalue weighted by molar-refractivity contribution is 7.11. The third-order valence-corrected chi connectivity index (χ3v) is 6.57. The van der Waals surface area contributed by atoms with Gasteiger partial charge in [-0.2, -0.15) is 0 Å². The Morgan fingerprint density at radius 2 is 1.95 bits per heavy atom. The highest BCUT2D eigenvalue weighted by atomic mass is 32.1. The van der Waals surface area contributed by atoms with Crippen molar-refractivity contribution in [2.45, 2.75) is 84.7 Å². The van der Waals surface area contributed by atoms with E-state index in [9.17, 15) is 0 Å². The highest BCUT2D eigenvalue weighted by Crippen LogP contribution is 2.54. The van der Waals surface area contributed by atoms with E-state index in [1.165, 1.54) is 49.2 Å². The lowest BCUT2D eigenvalue weighted by atomic mass is 9.86. The molecule has 2 aliphatic rings. The van der Waals surface area contributed by atoms with E-state index in [2.05, 4.69) is 39.9 Å². The van der Waals surface area contributed by atoms with Gasteiger partial charge in [0, 0.05) is 10.9 Å². The van der Waals surface area contributed by atoms with E-state index < -0.39 is 0 Å². The van der Waals surface area contributed by atoms with E-state index in [-0.39, 0.29) is 5.54 Å². The smallest absolute Gasteiger partial charge is 0.114 e. The fourth-order valence-corrected chi connectivity index (χ4v) is 6.02. The first kappa shape index (κ1) is 15.5. The van der Waals surface area contributed by atoms with Gasteiger partial charge < -0.3 is 5.32 Å². The van der Waals surface area contributed by atoms with Crippen LogP contribution in [0, 0.1) is 11.3 Å². The molecule has 1 heterocycles. The molecule has 1 N–H and O–H groups in total. The maximum atomic E-state index is 5.13. The second-order valence-corrected chi connectivity index (χ2v) is 9.40. The van der Waals surface area contributed by atoms with Gasteiger partial charge in [0.05, 0.1) is 11.2 Å². The number of hydrogen-bond donors (Lipinski definition) is 1. The Kier molecular flexibility index (Phi) is 3.94. The zero-order valence-corrected chi connectivity index (χ0v) is 15.1. The summed E-state index contributed by atoms with van der Waals surface area (Å²) in [5.41, 5.74) is 1.91. The van der Waals surface area contributed by atoms with Gasteiger partial charge in [-0.3, -0.25) is 0 Å². The second-order valence-electron chi connectivity index (χ2n) is 8.31. The highest BCUT2D eigenvalue weighted by Gasteiger charge is 2.51. The van der Waals surface area contributed by atoms with Gasteiger partial charge in [-0.15, -0.1) is 11.3 Å². The lowest BCUT2D eigenvalue weighted by Gasteiger charge is -2.36. The Hall–Kier alpha value is -0.410. The number of aryl methyl sites for hydroxylation is 2. The van der Waals surface area contributed by atoms with E-state index in [0.29, 0.717) is 17.4 Å². The third-order valence-electron chi connectivity index (χ3n) is 5.23. The van der Waals surface area contributed by atoms with Gasteiger partial charge in [-0.05, 0) is 63.7 Å². The molecule has 118 valence electrons. The molecule has 2 unspecified atom stereocenters. The largest absolute Gasteiger partial charge is 0.303 e. The molecule has 0 spiro atoms. The number of fused-ring (bicyclic) bond motifs is 1. The Morgan fingerprint density at radius 3 is 2.52 bits per heavy atom. The van der Waals surface area contributed by atoms with Crippen LogP contribution < -0.4 is 5.32 Å². The van der Waals surface area contributed by atoms with Gasteiger partial charge >= 0.3 is 0 Å². The quantitative estimate of drug-likeness (QED) is 0.877. The minimum absolute atomic E-state index is 0.0969. The summed E-state index contributed by atoms with van der Waals surface area (Å²) in [6.45, 7) is 11.8. The van der Waals surface area contributed by atoms with Crippen LogP contribution in [0.1, 0.15) is 75.9 Å². The SMILES string of the molecule is CC(C)NC1(c2nc3c(s2)CCCC3)CC(C)(C)CC1C. The molecular formula is C18H30N2S. The average molecular weight is 307 g/mol. The summed E-state index contributed by atoms with van der Waals surface area (Å²) < 4.78 is 0. The van der Waals surface area contributed by atoms with Crippen LogP contribution in [0.5, 0.6) is 0 Å². The minimum atomic E-state index is 0.0969. The van der Waals surface area contributed by atoms with E-state index in [1.54, 1.807) is 4.88 Å². The van der Waals surface area contributed by atoms with Gasteiger partial charge in [0.1, 0.15) is 5.01 Å². The van der Waals surface area contributed by atoms with Crippen LogP contribution in [0.4, 0.5) is 0 Å². The molecule has 0 aliphatic heterocycles. The van der Waals surface area contributed by atoms with Crippen molar-refractivity contribution in [3.63, 3.8) is 0 Å². The molecule has 1 fully saturated rings. The van der Waals surface area contributed by atoms with Crippen molar-refractivity contribution in [1.29, 1.82) is 0 Å². The van der Waals surface area contributed by atoms with Crippen LogP contribution in [0.25, 0.3) is 0 Å². The molecule has 2 atom stereocenters. The molecule has 1 aromatic rings. The molecule has 2 nitrogen and oxygen atoms in total. The summed E-state index contributed by atoms with van der Waals surface area (Å²) in [5, 5.41) is 5.31. The van der Waals surface area contributed by atoms with Crippen molar-refractivity contribution >= 4 is 11.3 Å². The molecule has 0 radical (unpaired) electrons. The lowest BCUT2D eigenvalue weighted by Crippen LogP contribution is -2.48. The fourth-order valence-electron chi connectivity index (χ4n) is 4.60. The molecule has 1 aromatic heterocycles. The Labute approximate surface area is 133 Å². The first-order chi connectivity index (χ1) is 9.82. The normalized spacial score (nSPS) is 31.6. The predicted molar refractivity (Wildman–Crippen MR) is 90.9 cm³/mol. The van der Waals surface area contributed by atoms with Gasteiger partial charge in [0.2, 0.25) is 0 Å². The molecule has 0 bridgehead atoms. The maximum absolute atomic E-state index is 5.13. The number of thiazole rings is 1. The molecule has 0 amide bonds. The Morgan fingerprint density at radius 1 is 1.24 bits per heavy atom. The molecule has 0 aromatic carbocycles. The molecule has 2 aliphatic carbocycles. The maximum Gasteiger partial charge on any atom is 0.114 e. The van der Waals surface area contributed by atoms with Gasteiger partial charge in [0.25, 0.3) is 0 Å². The number of nitrogens with zero attached hydrogens (tertiary/aromatic N) is 1. The molecule has 3 rings (SSSR count). The Balaban J connectivity index is 2.01. The summed E-state index contributed by atoms with van der Waals surface area (Å²) >= 11 is 2.00. The van der Waals surface area contributed by atoms with Crippen molar-refractivity contribution < 1.29 is 0 Å². The second kappa shape index (κ2) is 5.34. The van der Waals surface area contributed by atoms with Crippen LogP contribution in [0.3, 0.4) is 0 Å². The van der Waals surface area contributed by atoms with E-state index >= 15 is 0 Å². The summed E-state index contributed by atoms with van der Waals surface area (Å²) in [5.74, 6) is 0.655. The fraction of sp³-hybridized carbons (Fsp3) is 0.833. The first-order valence-corrected chi connectivity index (χ1v) is 9.41. The number of rotatable bonds is 3. The van der Waals surface area contributed by atoms with Crippen LogP contribution in [-0.4, -0.2) is 11.0 Å². The van der Waals surface area contributed by atoms with E-state index in [0.717, 1.165) is 0 Å². The topological polar surface area (TPSA) is 24.9 Å². The van der Waals surface area contributed by atoms with Crippen molar-refractivity contribution in [1.82, 2.24) is 10.3 Å². The van der Waals surface area contributed by atoms with Gasteiger partial charge in [-0.25, -0.2) is 4.98 Å². The van der Waals surface area contributed by atoms with E-state index in [1.807, 2.05) is 11.3 Å². The van der Waals surface area contributed by atoms with Crippen LogP contribution in [-0.2, 0) is 18.4 Å². The summed E-state index contributed by atoms with van der Waals surface area (Å²) in [6, 6.07) is 0.502. The molecular weight excluding hydrogens is 276 g/mol. The number of aromatic nitrogens is 1. The molecule has 0 saturated heterocycles. The zero-order valence-electron chi connectivity index (χ0n) is 14.3. The summed E-state index contributed by atoms with van der Waals surface area (Å²) in [6.07, 6.45) is 7.62. The van der Waals surface area contributed by atoms with Crippen molar-refractivity contribution in [3.8, 4) is 0 Å². The standard InChI is InChI=1S/C18H30N2S/c1-12(2)20-18(11-17(4,5)10-13(18)3)16-19-14-8-6-7-9-15(14)21-16/h12-13,20H,6-11H2,1-5H3. The minimum Gasteiger partial charge on any atom is -0.303 e. The summed E-state index contributed by atoms with van der Waals surface area (Å²) in [4.78, 5) is 6.70. The van der Waals surface area contributed by atoms with Crippen molar-refractivity contribution in [2.75, 3.05) is 0 Å². The van der Waals surface area contributed by atoms with Crippen LogP contribution >= 0.6 is 11.3 Å².